The zero-order valence-electron chi connectivity index (χ0n) is 12.4. The van der Waals surface area contributed by atoms with E-state index in [-0.39, 0.29) is 4.90 Å². The van der Waals surface area contributed by atoms with Crippen LogP contribution in [-0.2, 0) is 10.0 Å². The van der Waals surface area contributed by atoms with Crippen LogP contribution >= 0.6 is 15.9 Å². The molecule has 1 aromatic carbocycles. The van der Waals surface area contributed by atoms with E-state index in [1.807, 2.05) is 6.92 Å². The maximum absolute atomic E-state index is 12.5. The Morgan fingerprint density at radius 3 is 2.38 bits per heavy atom. The number of hydrogen-bond acceptors (Lipinski definition) is 3. The molecule has 0 spiro atoms. The second-order valence-electron chi connectivity index (χ2n) is 5.02. The molecule has 6 heteroatoms. The molecule has 0 aliphatic rings. The summed E-state index contributed by atoms with van der Waals surface area (Å²) in [6, 6.07) is 8.17. The molecule has 0 heterocycles. The highest BCUT2D eigenvalue weighted by Crippen LogP contribution is 2.19. The number of rotatable bonds is 8. The highest BCUT2D eigenvalue weighted by Gasteiger charge is 2.27. The van der Waals surface area contributed by atoms with Crippen molar-refractivity contribution in [2.45, 2.75) is 43.5 Å². The number of hydrogen-bond donors (Lipinski definition) is 0. The molecule has 1 rings (SSSR count). The van der Waals surface area contributed by atoms with E-state index >= 15 is 0 Å². The van der Waals surface area contributed by atoms with Gasteiger partial charge in [-0.25, -0.2) is 8.42 Å². The quantitative estimate of drug-likeness (QED) is 0.518. The van der Waals surface area contributed by atoms with Gasteiger partial charge in [-0.2, -0.15) is 9.57 Å². The van der Waals surface area contributed by atoms with E-state index in [2.05, 4.69) is 22.0 Å². The number of halogens is 1. The van der Waals surface area contributed by atoms with E-state index in [0.717, 1.165) is 30.2 Å². The van der Waals surface area contributed by atoms with Crippen molar-refractivity contribution in [3.05, 3.63) is 29.8 Å². The minimum atomic E-state index is -3.61. The Morgan fingerprint density at radius 1 is 1.24 bits per heavy atom. The minimum Gasteiger partial charge on any atom is -0.207 e. The van der Waals surface area contributed by atoms with Crippen LogP contribution in [0.5, 0.6) is 0 Å². The van der Waals surface area contributed by atoms with Crippen molar-refractivity contribution in [1.29, 1.82) is 5.26 Å². The molecular formula is C15H21BrN2O2S. The normalized spacial score (nSPS) is 13.1. The topological polar surface area (TPSA) is 61.2 Å². The lowest BCUT2D eigenvalue weighted by Gasteiger charge is -2.22. The smallest absolute Gasteiger partial charge is 0.207 e. The van der Waals surface area contributed by atoms with E-state index in [9.17, 15) is 13.7 Å². The van der Waals surface area contributed by atoms with Gasteiger partial charge in [0.1, 0.15) is 6.04 Å². The summed E-state index contributed by atoms with van der Waals surface area (Å²) < 4.78 is 26.2. The third-order valence-electron chi connectivity index (χ3n) is 3.40. The van der Waals surface area contributed by atoms with Crippen LogP contribution in [0.3, 0.4) is 0 Å². The average molecular weight is 373 g/mol. The molecule has 0 N–H and O–H groups in total. The Balaban J connectivity index is 2.80. The Morgan fingerprint density at radius 2 is 1.86 bits per heavy atom. The first-order chi connectivity index (χ1) is 9.93. The van der Waals surface area contributed by atoms with Gasteiger partial charge in [-0.1, -0.05) is 46.5 Å². The highest BCUT2D eigenvalue weighted by molar-refractivity contribution is 9.09. The van der Waals surface area contributed by atoms with Gasteiger partial charge in [0, 0.05) is 12.4 Å². The average Bonchev–Trinajstić information content (AvgIpc) is 2.47. The van der Waals surface area contributed by atoms with Crippen LogP contribution in [0.4, 0.5) is 0 Å². The molecule has 0 bridgehead atoms. The lowest BCUT2D eigenvalue weighted by atomic mass is 10.1. The molecule has 21 heavy (non-hydrogen) atoms. The van der Waals surface area contributed by atoms with E-state index in [1.54, 1.807) is 24.3 Å². The lowest BCUT2D eigenvalue weighted by Crippen LogP contribution is -2.36. The predicted octanol–water partition coefficient (Wildman–Crippen LogP) is 3.46. The van der Waals surface area contributed by atoms with Gasteiger partial charge in [-0.15, -0.1) is 0 Å². The first-order valence-corrected chi connectivity index (χ1v) is 9.50. The van der Waals surface area contributed by atoms with Gasteiger partial charge in [0.2, 0.25) is 10.0 Å². The molecule has 0 saturated heterocycles. The maximum Gasteiger partial charge on any atom is 0.244 e. The van der Waals surface area contributed by atoms with Gasteiger partial charge in [0.25, 0.3) is 0 Å². The number of benzene rings is 1. The molecule has 4 nitrogen and oxygen atoms in total. The molecule has 0 aliphatic carbocycles. The largest absolute Gasteiger partial charge is 0.244 e. The molecule has 116 valence electrons. The monoisotopic (exact) mass is 372 g/mol. The Hall–Kier alpha value is -0.900. The standard InChI is InChI=1S/C15H21BrN2O2S/c1-13-7-9-15(10-8-13)21(19,20)18(2)14(12-17)6-4-3-5-11-16/h7-10,14H,3-6,11H2,1-2H3. The van der Waals surface area contributed by atoms with Crippen molar-refractivity contribution in [2.24, 2.45) is 0 Å². The predicted molar refractivity (Wildman–Crippen MR) is 87.8 cm³/mol. The van der Waals surface area contributed by atoms with Gasteiger partial charge >= 0.3 is 0 Å². The van der Waals surface area contributed by atoms with Gasteiger partial charge in [-0.3, -0.25) is 0 Å². The highest BCUT2D eigenvalue weighted by atomic mass is 79.9. The summed E-state index contributed by atoms with van der Waals surface area (Å²) in [5, 5.41) is 10.2. The van der Waals surface area contributed by atoms with Gasteiger partial charge in [-0.05, 0) is 31.9 Å². The van der Waals surface area contributed by atoms with Crippen molar-refractivity contribution >= 4 is 26.0 Å². The first kappa shape index (κ1) is 18.1. The minimum absolute atomic E-state index is 0.233. The number of nitrogens with zero attached hydrogens (tertiary/aromatic N) is 2. The van der Waals surface area contributed by atoms with Crippen LogP contribution in [0.1, 0.15) is 31.2 Å². The van der Waals surface area contributed by atoms with Crippen molar-refractivity contribution in [3.63, 3.8) is 0 Å². The molecule has 1 atom stereocenters. The lowest BCUT2D eigenvalue weighted by molar-refractivity contribution is 0.396. The first-order valence-electron chi connectivity index (χ1n) is 6.93. The van der Waals surface area contributed by atoms with Crippen molar-refractivity contribution in [1.82, 2.24) is 4.31 Å². The Kier molecular flexibility index (Phi) is 7.36. The van der Waals surface area contributed by atoms with Gasteiger partial charge in [0.15, 0.2) is 0 Å². The Bertz CT molecular complexity index is 579. The molecule has 0 saturated carbocycles. The van der Waals surface area contributed by atoms with Crippen molar-refractivity contribution < 1.29 is 8.42 Å². The van der Waals surface area contributed by atoms with Gasteiger partial charge < -0.3 is 0 Å². The fourth-order valence-electron chi connectivity index (χ4n) is 1.98. The molecule has 1 unspecified atom stereocenters. The van der Waals surface area contributed by atoms with Crippen molar-refractivity contribution in [3.8, 4) is 6.07 Å². The zero-order chi connectivity index (χ0) is 15.9. The van der Waals surface area contributed by atoms with E-state index in [0.29, 0.717) is 6.42 Å². The third-order valence-corrected chi connectivity index (χ3v) is 5.84. The molecular weight excluding hydrogens is 352 g/mol. The second-order valence-corrected chi connectivity index (χ2v) is 7.81. The number of nitriles is 1. The number of aryl methyl sites for hydroxylation is 1. The van der Waals surface area contributed by atoms with Crippen LogP contribution < -0.4 is 0 Å². The van der Waals surface area contributed by atoms with E-state index in [1.165, 1.54) is 11.4 Å². The molecule has 1 aromatic rings. The second kappa shape index (κ2) is 8.52. The number of alkyl halides is 1. The van der Waals surface area contributed by atoms with Crippen molar-refractivity contribution in [2.75, 3.05) is 12.4 Å². The molecule has 0 fully saturated rings. The fourth-order valence-corrected chi connectivity index (χ4v) is 3.68. The Labute approximate surface area is 135 Å². The molecule has 0 aromatic heterocycles. The summed E-state index contributed by atoms with van der Waals surface area (Å²) >= 11 is 3.36. The third kappa shape index (κ3) is 5.10. The number of sulfonamides is 1. The van der Waals surface area contributed by atoms with Crippen LogP contribution in [0.2, 0.25) is 0 Å². The summed E-state index contributed by atoms with van der Waals surface area (Å²) in [5.74, 6) is 0. The van der Waals surface area contributed by atoms with E-state index in [4.69, 9.17) is 0 Å². The van der Waals surface area contributed by atoms with Gasteiger partial charge in [0.05, 0.1) is 11.0 Å². The molecule has 0 aliphatic heterocycles. The van der Waals surface area contributed by atoms with E-state index < -0.39 is 16.1 Å². The maximum atomic E-state index is 12.5. The number of unbranched alkanes of at least 4 members (excludes halogenated alkanes) is 2. The summed E-state index contributed by atoms with van der Waals surface area (Å²) in [6.45, 7) is 1.90. The SMILES string of the molecule is Cc1ccc(S(=O)(=O)N(C)C(C#N)CCCCCBr)cc1. The summed E-state index contributed by atoms with van der Waals surface area (Å²) in [5.41, 5.74) is 1.00. The van der Waals surface area contributed by atoms with Crippen LogP contribution in [0, 0.1) is 18.3 Å². The van der Waals surface area contributed by atoms with Crippen LogP contribution in [0.15, 0.2) is 29.2 Å². The zero-order valence-corrected chi connectivity index (χ0v) is 14.8. The molecule has 0 amide bonds. The van der Waals surface area contributed by atoms with Crippen LogP contribution in [-0.4, -0.2) is 31.1 Å². The summed E-state index contributed by atoms with van der Waals surface area (Å²) in [4.78, 5) is 0.233. The summed E-state index contributed by atoms with van der Waals surface area (Å²) in [6.07, 6.45) is 3.43. The van der Waals surface area contributed by atoms with Crippen LogP contribution in [0.25, 0.3) is 0 Å². The molecule has 0 radical (unpaired) electrons. The summed E-state index contributed by atoms with van der Waals surface area (Å²) in [7, 11) is -2.13. The fraction of sp³-hybridized carbons (Fsp3) is 0.533.